The SMILES string of the molecule is C/C(C#N)=C/c1c[nH]c2ccccc12.C/C(C#N)=C/c1c[nH]c2ccccc12.C/C(C#N)=C/c1cn(-c2ccccc2)c2cc(Cl)ccc12.C/C(C#N)=C/c1cn(-c2ccccc2)c2ccccc12.COc1ccc(-n2cc(/C=C(/C)C#N)c3ccccc32)cc1.COc1ccccc1-n1cc(/C=C(/C)C#N)c2ccccc21. The lowest BCUT2D eigenvalue weighted by atomic mass is 10.1. The Balaban J connectivity index is 0.000000135. The highest BCUT2D eigenvalue weighted by molar-refractivity contribution is 6.31. The van der Waals surface area contributed by atoms with Crippen LogP contribution >= 0.6 is 11.6 Å². The van der Waals surface area contributed by atoms with Gasteiger partial charge in [0, 0.05) is 169 Å². The van der Waals surface area contributed by atoms with Gasteiger partial charge in [0.05, 0.1) is 78.4 Å². The number of hydrogen-bond acceptors (Lipinski definition) is 8. The summed E-state index contributed by atoms with van der Waals surface area (Å²) < 4.78 is 19.2. The number of aromatic amines is 2. The second-order valence-corrected chi connectivity index (χ2v) is 26.7. The standard InChI is InChI=1S/2C19H16N2O.C18H13ClN2.C18H14N2.2C12H10N2/c1-14(12-20)11-15-13-21(17-8-4-3-7-16(15)17)18-9-5-6-10-19(18)22-2;1-14(12-20)11-15-13-21(19-6-4-3-5-18(15)19)16-7-9-17(22-2)10-8-16;1-13(11-20)9-14-12-21(16-5-3-2-4-6-16)18-10-15(19)7-8-17(14)18;1-14(12-19)11-15-13-20(16-7-3-2-4-8-16)18-10-6-5-9-17(15)18;2*1-9(7-13)6-10-8-14-12-5-3-2-4-11(10)12/h2*3-11,13H,1-2H3;2-10,12H,1H3;2-11,13H,1H3;2*2-6,8,14H,1H3/b2*14-11-;13-9-;14-11-;2*9-6-. The molecule has 16 aromatic rings. The molecule has 0 radical (unpaired) electrons. The summed E-state index contributed by atoms with van der Waals surface area (Å²) in [4.78, 5) is 6.33. The van der Waals surface area contributed by atoms with Crippen molar-refractivity contribution in [1.29, 1.82) is 31.6 Å². The van der Waals surface area contributed by atoms with Gasteiger partial charge in [-0.25, -0.2) is 0 Å². The Bertz CT molecular complexity index is 6460. The fourth-order valence-corrected chi connectivity index (χ4v) is 13.1. The van der Waals surface area contributed by atoms with Gasteiger partial charge in [0.15, 0.2) is 0 Å². The van der Waals surface area contributed by atoms with Crippen molar-refractivity contribution in [3.8, 4) is 70.7 Å². The molecular formula is C98H79ClN12O2. The van der Waals surface area contributed by atoms with Gasteiger partial charge in [0.1, 0.15) is 11.5 Å². The lowest BCUT2D eigenvalue weighted by Crippen LogP contribution is -1.95. The van der Waals surface area contributed by atoms with Gasteiger partial charge in [-0.1, -0.05) is 157 Å². The van der Waals surface area contributed by atoms with E-state index in [9.17, 15) is 0 Å². The highest BCUT2D eigenvalue weighted by Crippen LogP contribution is 2.34. The van der Waals surface area contributed by atoms with Gasteiger partial charge in [-0.3, -0.25) is 0 Å². The van der Waals surface area contributed by atoms with Crippen LogP contribution in [0, 0.1) is 68.0 Å². The molecule has 15 heteroatoms. The van der Waals surface area contributed by atoms with Crippen LogP contribution in [-0.2, 0) is 0 Å². The third-order valence-electron chi connectivity index (χ3n) is 18.3. The normalized spacial score (nSPS) is 11.5. The topological polar surface area (TPSA) is 212 Å². The number of H-pyrrole nitrogens is 2. The average molecular weight is 1490 g/mol. The van der Waals surface area contributed by atoms with Gasteiger partial charge in [-0.2, -0.15) is 31.6 Å². The van der Waals surface area contributed by atoms with Crippen molar-refractivity contribution < 1.29 is 9.47 Å². The van der Waals surface area contributed by atoms with Crippen LogP contribution in [0.15, 0.2) is 319 Å². The first-order valence-corrected chi connectivity index (χ1v) is 36.6. The number of nitriles is 6. The highest BCUT2D eigenvalue weighted by atomic mass is 35.5. The number of nitrogens with one attached hydrogen (secondary N) is 2. The van der Waals surface area contributed by atoms with E-state index < -0.39 is 0 Å². The summed E-state index contributed by atoms with van der Waals surface area (Å²) in [5.74, 6) is 1.65. The molecule has 6 heterocycles. The van der Waals surface area contributed by atoms with Crippen LogP contribution in [0.25, 0.3) is 125 Å². The summed E-state index contributed by atoms with van der Waals surface area (Å²) in [5.41, 5.74) is 21.3. The summed E-state index contributed by atoms with van der Waals surface area (Å²) in [6.07, 6.45) is 23.5. The van der Waals surface area contributed by atoms with Gasteiger partial charge in [-0.15, -0.1) is 0 Å². The van der Waals surface area contributed by atoms with E-state index in [-0.39, 0.29) is 0 Å². The second-order valence-electron chi connectivity index (χ2n) is 26.3. The van der Waals surface area contributed by atoms with Crippen LogP contribution in [0.3, 0.4) is 0 Å². The van der Waals surface area contributed by atoms with Crippen LogP contribution in [0.1, 0.15) is 74.9 Å². The largest absolute Gasteiger partial charge is 0.497 e. The van der Waals surface area contributed by atoms with Gasteiger partial charge in [0.2, 0.25) is 0 Å². The Morgan fingerprint density at radius 2 is 0.619 bits per heavy atom. The van der Waals surface area contributed by atoms with E-state index in [1.54, 1.807) is 14.2 Å². The third kappa shape index (κ3) is 19.4. The van der Waals surface area contributed by atoms with E-state index >= 15 is 0 Å². The van der Waals surface area contributed by atoms with Crippen molar-refractivity contribution in [3.05, 3.63) is 358 Å². The zero-order valence-corrected chi connectivity index (χ0v) is 64.5. The van der Waals surface area contributed by atoms with Gasteiger partial charge in [0.25, 0.3) is 0 Å². The maximum atomic E-state index is 9.03. The molecule has 550 valence electrons. The molecule has 10 aromatic carbocycles. The molecule has 0 amide bonds. The van der Waals surface area contributed by atoms with Crippen molar-refractivity contribution >= 4 is 113 Å². The number of ether oxygens (including phenoxy) is 2. The molecule has 0 atom stereocenters. The first-order valence-electron chi connectivity index (χ1n) is 36.2. The smallest absolute Gasteiger partial charge is 0.142 e. The quantitative estimate of drug-likeness (QED) is 0.112. The van der Waals surface area contributed by atoms with Crippen molar-refractivity contribution in [1.82, 2.24) is 28.2 Å². The lowest BCUT2D eigenvalue weighted by molar-refractivity contribution is 0.413. The number of aromatic nitrogens is 6. The number of para-hydroxylation sites is 9. The molecule has 113 heavy (non-hydrogen) atoms. The van der Waals surface area contributed by atoms with Gasteiger partial charge >= 0.3 is 0 Å². The van der Waals surface area contributed by atoms with Crippen molar-refractivity contribution in [2.45, 2.75) is 41.5 Å². The van der Waals surface area contributed by atoms with Crippen LogP contribution in [0.5, 0.6) is 11.5 Å². The number of allylic oxidation sites excluding steroid dienone is 6. The van der Waals surface area contributed by atoms with E-state index in [1.807, 2.05) is 303 Å². The van der Waals surface area contributed by atoms with Gasteiger partial charge in [-0.05, 0) is 181 Å². The maximum Gasteiger partial charge on any atom is 0.142 e. The Morgan fingerprint density at radius 3 is 1.01 bits per heavy atom. The Hall–Kier alpha value is -15.3. The summed E-state index contributed by atoms with van der Waals surface area (Å²) >= 11 is 6.14. The lowest BCUT2D eigenvalue weighted by Gasteiger charge is -2.10. The molecule has 0 fully saturated rings. The molecule has 0 aliphatic heterocycles. The fourth-order valence-electron chi connectivity index (χ4n) is 12.9. The monoisotopic (exact) mass is 1490 g/mol. The van der Waals surface area contributed by atoms with E-state index in [4.69, 9.17) is 52.6 Å². The van der Waals surface area contributed by atoms with Crippen LogP contribution < -0.4 is 9.47 Å². The molecule has 0 unspecified atom stereocenters. The van der Waals surface area contributed by atoms with Crippen LogP contribution in [-0.4, -0.2) is 42.5 Å². The van der Waals surface area contributed by atoms with Crippen LogP contribution in [0.4, 0.5) is 0 Å². The molecule has 6 aromatic heterocycles. The number of methoxy groups -OCH3 is 2. The Kier molecular flexibility index (Phi) is 26.5. The molecule has 14 nitrogen and oxygen atoms in total. The van der Waals surface area contributed by atoms with E-state index in [0.29, 0.717) is 27.3 Å². The number of halogens is 1. The number of fused-ring (bicyclic) bond motifs is 6. The molecule has 0 aliphatic rings. The summed E-state index contributed by atoms with van der Waals surface area (Å²) in [6, 6.07) is 95.6. The van der Waals surface area contributed by atoms with E-state index in [2.05, 4.69) is 126 Å². The number of benzene rings is 10. The highest BCUT2D eigenvalue weighted by Gasteiger charge is 2.15. The molecule has 2 N–H and O–H groups in total. The first kappa shape index (κ1) is 78.8. The fraction of sp³-hybridized carbons (Fsp3) is 0.0816. The zero-order chi connectivity index (χ0) is 79.8. The predicted molar refractivity (Wildman–Crippen MR) is 463 cm³/mol. The van der Waals surface area contributed by atoms with E-state index in [1.165, 1.54) is 0 Å². The maximum absolute atomic E-state index is 9.03. The molecule has 0 aliphatic carbocycles. The molecule has 0 saturated carbocycles. The molecule has 0 bridgehead atoms. The number of rotatable bonds is 12. The molecular weight excluding hydrogens is 1410 g/mol. The number of nitrogens with zero attached hydrogens (tertiary/aromatic N) is 10. The minimum absolute atomic E-state index is 0.678. The predicted octanol–water partition coefficient (Wildman–Crippen LogP) is 25.1. The van der Waals surface area contributed by atoms with Crippen molar-refractivity contribution in [3.63, 3.8) is 0 Å². The molecule has 16 rings (SSSR count). The summed E-state index contributed by atoms with van der Waals surface area (Å²) in [5, 5.41) is 60.8. The number of hydrogen-bond donors (Lipinski definition) is 2. The average Bonchev–Trinajstić information content (AvgIpc) is 1.65. The van der Waals surface area contributed by atoms with Crippen LogP contribution in [0.2, 0.25) is 5.02 Å². The summed E-state index contributed by atoms with van der Waals surface area (Å²) in [7, 11) is 3.33. The third-order valence-corrected chi connectivity index (χ3v) is 18.6. The first-order chi connectivity index (χ1) is 55.1. The zero-order valence-electron chi connectivity index (χ0n) is 63.8. The van der Waals surface area contributed by atoms with Crippen molar-refractivity contribution in [2.24, 2.45) is 0 Å². The van der Waals surface area contributed by atoms with Gasteiger partial charge < -0.3 is 37.7 Å². The molecule has 0 saturated heterocycles. The molecule has 0 spiro atoms. The Labute approximate surface area is 662 Å². The second kappa shape index (κ2) is 38.0. The minimum Gasteiger partial charge on any atom is -0.497 e. The van der Waals surface area contributed by atoms with E-state index in [0.717, 1.165) is 144 Å². The summed E-state index contributed by atoms with van der Waals surface area (Å²) in [6.45, 7) is 10.9. The Morgan fingerprint density at radius 1 is 0.310 bits per heavy atom. The van der Waals surface area contributed by atoms with Crippen molar-refractivity contribution in [2.75, 3.05) is 14.2 Å². The minimum atomic E-state index is 0.678.